The summed E-state index contributed by atoms with van der Waals surface area (Å²) >= 11 is 0. The fourth-order valence-electron chi connectivity index (χ4n) is 3.41. The summed E-state index contributed by atoms with van der Waals surface area (Å²) in [7, 11) is 0. The first-order valence-electron chi connectivity index (χ1n) is 6.66. The van der Waals surface area contributed by atoms with E-state index in [4.69, 9.17) is 0 Å². The van der Waals surface area contributed by atoms with Gasteiger partial charge in [0, 0.05) is 5.54 Å². The summed E-state index contributed by atoms with van der Waals surface area (Å²) in [5, 5.41) is 3.67. The van der Waals surface area contributed by atoms with Gasteiger partial charge in [-0.3, -0.25) is 0 Å². The molecule has 0 saturated heterocycles. The van der Waals surface area contributed by atoms with E-state index in [1.165, 1.54) is 38.6 Å². The van der Waals surface area contributed by atoms with Gasteiger partial charge in [-0.1, -0.05) is 19.8 Å². The molecule has 2 rings (SSSR count). The van der Waals surface area contributed by atoms with Crippen molar-refractivity contribution in [3.8, 4) is 0 Å². The maximum atomic E-state index is 3.67. The van der Waals surface area contributed by atoms with E-state index in [0.717, 1.165) is 17.3 Å². The summed E-state index contributed by atoms with van der Waals surface area (Å²) in [6.07, 6.45) is 7.46. The lowest BCUT2D eigenvalue weighted by Crippen LogP contribution is -2.38. The minimum atomic E-state index is 0.296. The summed E-state index contributed by atoms with van der Waals surface area (Å²) in [4.78, 5) is 0. The van der Waals surface area contributed by atoms with E-state index in [9.17, 15) is 0 Å². The molecule has 0 aliphatic heterocycles. The molecule has 0 aromatic carbocycles. The maximum Gasteiger partial charge on any atom is 0.00966 e. The van der Waals surface area contributed by atoms with E-state index in [-0.39, 0.29) is 0 Å². The molecule has 0 radical (unpaired) electrons. The van der Waals surface area contributed by atoms with Crippen LogP contribution in [-0.4, -0.2) is 12.1 Å². The molecule has 1 N–H and O–H groups in total. The van der Waals surface area contributed by atoms with Crippen molar-refractivity contribution >= 4 is 0 Å². The van der Waals surface area contributed by atoms with Crippen molar-refractivity contribution in [3.63, 3.8) is 0 Å². The Morgan fingerprint density at radius 2 is 2.00 bits per heavy atom. The second kappa shape index (κ2) is 3.76. The van der Waals surface area contributed by atoms with Gasteiger partial charge >= 0.3 is 0 Å². The van der Waals surface area contributed by atoms with Gasteiger partial charge in [-0.05, 0) is 63.8 Å². The van der Waals surface area contributed by atoms with Gasteiger partial charge in [0.15, 0.2) is 0 Å². The zero-order chi connectivity index (χ0) is 11.1. The van der Waals surface area contributed by atoms with Gasteiger partial charge in [0.05, 0.1) is 0 Å². The maximum absolute atomic E-state index is 3.67. The van der Waals surface area contributed by atoms with Crippen molar-refractivity contribution in [2.24, 2.45) is 17.3 Å². The van der Waals surface area contributed by atoms with E-state index in [1.54, 1.807) is 0 Å². The fourth-order valence-corrected chi connectivity index (χ4v) is 3.41. The molecule has 15 heavy (non-hydrogen) atoms. The molecule has 1 heteroatoms. The SMILES string of the molecule is CC1CCCC2(C1)CC2CNC(C)(C)C. The molecule has 2 aliphatic rings. The van der Waals surface area contributed by atoms with E-state index < -0.39 is 0 Å². The summed E-state index contributed by atoms with van der Waals surface area (Å²) in [6.45, 7) is 10.5. The summed E-state index contributed by atoms with van der Waals surface area (Å²) in [6, 6.07) is 0. The normalized spacial score (nSPS) is 40.8. The van der Waals surface area contributed by atoms with Crippen LogP contribution in [0.1, 0.15) is 59.8 Å². The average Bonchev–Trinajstić information content (AvgIpc) is 2.73. The van der Waals surface area contributed by atoms with Gasteiger partial charge in [-0.15, -0.1) is 0 Å². The molecular formula is C14H27N. The molecule has 3 unspecified atom stereocenters. The molecule has 0 bridgehead atoms. The number of rotatable bonds is 2. The Hall–Kier alpha value is -0.0400. The molecule has 2 fully saturated rings. The summed E-state index contributed by atoms with van der Waals surface area (Å²) in [5.41, 5.74) is 1.07. The lowest BCUT2D eigenvalue weighted by atomic mass is 9.78. The molecule has 2 aliphatic carbocycles. The van der Waals surface area contributed by atoms with Crippen LogP contribution in [0.4, 0.5) is 0 Å². The topological polar surface area (TPSA) is 12.0 Å². The van der Waals surface area contributed by atoms with Gasteiger partial charge < -0.3 is 5.32 Å². The summed E-state index contributed by atoms with van der Waals surface area (Å²) < 4.78 is 0. The van der Waals surface area contributed by atoms with E-state index in [2.05, 4.69) is 33.0 Å². The van der Waals surface area contributed by atoms with Crippen molar-refractivity contribution in [2.75, 3.05) is 6.54 Å². The van der Waals surface area contributed by atoms with Crippen molar-refractivity contribution < 1.29 is 0 Å². The Morgan fingerprint density at radius 1 is 1.27 bits per heavy atom. The highest BCUT2D eigenvalue weighted by atomic mass is 15.0. The van der Waals surface area contributed by atoms with Crippen LogP contribution in [0.2, 0.25) is 0 Å². The zero-order valence-electron chi connectivity index (χ0n) is 10.9. The molecule has 0 heterocycles. The van der Waals surface area contributed by atoms with Gasteiger partial charge in [0.2, 0.25) is 0 Å². The number of hydrogen-bond acceptors (Lipinski definition) is 1. The molecule has 1 nitrogen and oxygen atoms in total. The predicted molar refractivity (Wildman–Crippen MR) is 65.9 cm³/mol. The largest absolute Gasteiger partial charge is 0.312 e. The van der Waals surface area contributed by atoms with Crippen LogP contribution < -0.4 is 5.32 Å². The van der Waals surface area contributed by atoms with Gasteiger partial charge in [0.1, 0.15) is 0 Å². The second-order valence-corrected chi connectivity index (χ2v) is 7.10. The first-order chi connectivity index (χ1) is 6.91. The monoisotopic (exact) mass is 209 g/mol. The van der Waals surface area contributed by atoms with Crippen molar-refractivity contribution in [2.45, 2.75) is 65.3 Å². The summed E-state index contributed by atoms with van der Waals surface area (Å²) in [5.74, 6) is 1.97. The van der Waals surface area contributed by atoms with E-state index >= 15 is 0 Å². The van der Waals surface area contributed by atoms with Crippen LogP contribution in [0.3, 0.4) is 0 Å². The first-order valence-corrected chi connectivity index (χ1v) is 6.66. The Kier molecular flexibility index (Phi) is 2.87. The fraction of sp³-hybridized carbons (Fsp3) is 1.00. The number of hydrogen-bond donors (Lipinski definition) is 1. The standard InChI is InChI=1S/C14H27N/c1-11-6-5-7-14(8-11)9-12(14)10-15-13(2,3)4/h11-12,15H,5-10H2,1-4H3. The minimum absolute atomic E-state index is 0.296. The lowest BCUT2D eigenvalue weighted by molar-refractivity contribution is 0.236. The second-order valence-electron chi connectivity index (χ2n) is 7.10. The van der Waals surface area contributed by atoms with Crippen LogP contribution in [0.5, 0.6) is 0 Å². The Bertz CT molecular complexity index is 228. The van der Waals surface area contributed by atoms with E-state index in [1.807, 2.05) is 0 Å². The molecule has 3 atom stereocenters. The van der Waals surface area contributed by atoms with Gasteiger partial charge in [-0.2, -0.15) is 0 Å². The zero-order valence-corrected chi connectivity index (χ0v) is 10.9. The van der Waals surface area contributed by atoms with Crippen LogP contribution in [0.25, 0.3) is 0 Å². The van der Waals surface area contributed by atoms with Crippen LogP contribution in [-0.2, 0) is 0 Å². The molecule has 0 aromatic rings. The highest BCUT2D eigenvalue weighted by Gasteiger charge is 2.54. The quantitative estimate of drug-likeness (QED) is 0.733. The highest BCUT2D eigenvalue weighted by Crippen LogP contribution is 2.62. The van der Waals surface area contributed by atoms with Gasteiger partial charge in [-0.25, -0.2) is 0 Å². The molecule has 0 amide bonds. The van der Waals surface area contributed by atoms with Crippen molar-refractivity contribution in [1.29, 1.82) is 0 Å². The lowest BCUT2D eigenvalue weighted by Gasteiger charge is -2.29. The Morgan fingerprint density at radius 3 is 2.60 bits per heavy atom. The number of nitrogens with one attached hydrogen (secondary N) is 1. The predicted octanol–water partition coefficient (Wildman–Crippen LogP) is 3.59. The smallest absolute Gasteiger partial charge is 0.00966 e. The third-order valence-corrected chi connectivity index (χ3v) is 4.36. The van der Waals surface area contributed by atoms with Crippen LogP contribution in [0.15, 0.2) is 0 Å². The van der Waals surface area contributed by atoms with Crippen LogP contribution in [0, 0.1) is 17.3 Å². The van der Waals surface area contributed by atoms with Crippen molar-refractivity contribution in [3.05, 3.63) is 0 Å². The van der Waals surface area contributed by atoms with E-state index in [0.29, 0.717) is 5.54 Å². The Balaban J connectivity index is 1.79. The first kappa shape index (κ1) is 11.4. The average molecular weight is 209 g/mol. The Labute approximate surface area is 95.0 Å². The minimum Gasteiger partial charge on any atom is -0.312 e. The molecule has 2 saturated carbocycles. The van der Waals surface area contributed by atoms with Gasteiger partial charge in [0.25, 0.3) is 0 Å². The highest BCUT2D eigenvalue weighted by molar-refractivity contribution is 5.05. The third-order valence-electron chi connectivity index (χ3n) is 4.36. The molecule has 0 aromatic heterocycles. The molecular weight excluding hydrogens is 182 g/mol. The third kappa shape index (κ3) is 2.75. The molecule has 1 spiro atoms. The van der Waals surface area contributed by atoms with Crippen LogP contribution >= 0.6 is 0 Å². The van der Waals surface area contributed by atoms with Crippen molar-refractivity contribution in [1.82, 2.24) is 5.32 Å². The molecule has 88 valence electrons.